The molecule has 0 radical (unpaired) electrons. The molecule has 0 bridgehead atoms. The monoisotopic (exact) mass is 416 g/mol. The summed E-state index contributed by atoms with van der Waals surface area (Å²) in [5.41, 5.74) is 2.12. The van der Waals surface area contributed by atoms with Crippen molar-refractivity contribution >= 4 is 31.9 Å². The van der Waals surface area contributed by atoms with Gasteiger partial charge >= 0.3 is 0 Å². The molecular weight excluding hydrogens is 403 g/mol. The first-order chi connectivity index (χ1) is 10.0. The van der Waals surface area contributed by atoms with Crippen molar-refractivity contribution in [3.05, 3.63) is 57.8 Å². The van der Waals surface area contributed by atoms with Crippen molar-refractivity contribution in [1.29, 1.82) is 0 Å². The van der Waals surface area contributed by atoms with Crippen molar-refractivity contribution in [2.24, 2.45) is 0 Å². The molecule has 0 aliphatic heterocycles. The Hall–Kier alpha value is -1.07. The summed E-state index contributed by atoms with van der Waals surface area (Å²) in [4.78, 5) is 0.0903. The Morgan fingerprint density at radius 3 is 2.38 bits per heavy atom. The third kappa shape index (κ3) is 3.98. The van der Waals surface area contributed by atoms with Crippen LogP contribution in [0.25, 0.3) is 0 Å². The Kier molecular flexibility index (Phi) is 5.65. The lowest BCUT2D eigenvalue weighted by molar-refractivity contribution is 0.354. The van der Waals surface area contributed by atoms with Crippen LogP contribution in [-0.2, 0) is 6.42 Å². The van der Waals surface area contributed by atoms with E-state index < -0.39 is 0 Å². The van der Waals surface area contributed by atoms with Crippen molar-refractivity contribution in [3.63, 3.8) is 0 Å². The molecule has 1 unspecified atom stereocenters. The molecule has 2 nitrogen and oxygen atoms in total. The maximum Gasteiger partial charge on any atom is 0.160 e. The minimum atomic E-state index is -0.260. The van der Waals surface area contributed by atoms with Crippen molar-refractivity contribution in [2.75, 3.05) is 14.2 Å². The molecule has 0 N–H and O–H groups in total. The molecule has 0 aliphatic carbocycles. The van der Waals surface area contributed by atoms with Crippen LogP contribution in [0.3, 0.4) is 0 Å². The van der Waals surface area contributed by atoms with Gasteiger partial charge in [-0.25, -0.2) is 4.39 Å². The van der Waals surface area contributed by atoms with E-state index >= 15 is 0 Å². The number of halogens is 3. The fourth-order valence-electron chi connectivity index (χ4n) is 2.04. The molecule has 0 saturated carbocycles. The lowest BCUT2D eigenvalue weighted by Gasteiger charge is -2.13. The second-order valence-electron chi connectivity index (χ2n) is 4.53. The average molecular weight is 418 g/mol. The first-order valence-corrected chi connectivity index (χ1v) is 8.06. The molecule has 2 aromatic rings. The normalized spacial score (nSPS) is 12.0. The van der Waals surface area contributed by atoms with E-state index in [4.69, 9.17) is 9.47 Å². The van der Waals surface area contributed by atoms with Gasteiger partial charge < -0.3 is 9.47 Å². The molecule has 0 heterocycles. The van der Waals surface area contributed by atoms with Crippen LogP contribution < -0.4 is 9.47 Å². The smallest absolute Gasteiger partial charge is 0.160 e. The van der Waals surface area contributed by atoms with Crippen LogP contribution in [0.15, 0.2) is 40.9 Å². The molecule has 5 heteroatoms. The Balaban J connectivity index is 2.18. The van der Waals surface area contributed by atoms with Gasteiger partial charge in [-0.05, 0) is 57.7 Å². The number of rotatable bonds is 5. The van der Waals surface area contributed by atoms with Crippen LogP contribution in [0.4, 0.5) is 4.39 Å². The van der Waals surface area contributed by atoms with Gasteiger partial charge in [0, 0.05) is 4.83 Å². The summed E-state index contributed by atoms with van der Waals surface area (Å²) in [5.74, 6) is 1.15. The van der Waals surface area contributed by atoms with E-state index in [1.165, 1.54) is 6.07 Å². The van der Waals surface area contributed by atoms with Crippen molar-refractivity contribution in [2.45, 2.75) is 11.2 Å². The third-order valence-electron chi connectivity index (χ3n) is 3.17. The molecule has 0 aromatic heterocycles. The summed E-state index contributed by atoms with van der Waals surface area (Å²) in [6, 6.07) is 10.9. The van der Waals surface area contributed by atoms with Gasteiger partial charge in [-0.3, -0.25) is 0 Å². The number of methoxy groups -OCH3 is 2. The van der Waals surface area contributed by atoms with Crippen LogP contribution in [0.1, 0.15) is 16.0 Å². The van der Waals surface area contributed by atoms with E-state index in [9.17, 15) is 4.39 Å². The maximum absolute atomic E-state index is 13.3. The predicted octanol–water partition coefficient (Wildman–Crippen LogP) is 5.28. The molecule has 2 aromatic carbocycles. The van der Waals surface area contributed by atoms with Crippen molar-refractivity contribution in [3.8, 4) is 11.5 Å². The molecule has 0 spiro atoms. The molecular formula is C16H15Br2FO2. The molecule has 0 amide bonds. The van der Waals surface area contributed by atoms with Gasteiger partial charge in [0.05, 0.1) is 18.7 Å². The highest BCUT2D eigenvalue weighted by atomic mass is 79.9. The van der Waals surface area contributed by atoms with E-state index in [1.54, 1.807) is 26.4 Å². The van der Waals surface area contributed by atoms with Crippen molar-refractivity contribution < 1.29 is 13.9 Å². The zero-order valence-corrected chi connectivity index (χ0v) is 14.9. The lowest BCUT2D eigenvalue weighted by Crippen LogP contribution is -1.98. The van der Waals surface area contributed by atoms with Crippen LogP contribution in [0, 0.1) is 5.82 Å². The highest BCUT2D eigenvalue weighted by Gasteiger charge is 2.12. The fraction of sp³-hybridized carbons (Fsp3) is 0.250. The second kappa shape index (κ2) is 7.27. The highest BCUT2D eigenvalue weighted by molar-refractivity contribution is 9.10. The largest absolute Gasteiger partial charge is 0.493 e. The molecule has 2 rings (SSSR count). The lowest BCUT2D eigenvalue weighted by atomic mass is 10.0. The summed E-state index contributed by atoms with van der Waals surface area (Å²) in [6.07, 6.45) is 0.762. The van der Waals surface area contributed by atoms with Crippen LogP contribution >= 0.6 is 31.9 Å². The Morgan fingerprint density at radius 2 is 1.76 bits per heavy atom. The molecule has 21 heavy (non-hydrogen) atoms. The van der Waals surface area contributed by atoms with Gasteiger partial charge in [0.2, 0.25) is 0 Å². The highest BCUT2D eigenvalue weighted by Crippen LogP contribution is 2.33. The number of alkyl halides is 1. The molecule has 0 saturated heterocycles. The minimum absolute atomic E-state index is 0.0903. The number of hydrogen-bond donors (Lipinski definition) is 0. The van der Waals surface area contributed by atoms with Crippen LogP contribution in [0.5, 0.6) is 11.5 Å². The van der Waals surface area contributed by atoms with Gasteiger partial charge in [0.1, 0.15) is 5.82 Å². The molecule has 1 atom stereocenters. The van der Waals surface area contributed by atoms with Gasteiger partial charge in [-0.15, -0.1) is 0 Å². The number of ether oxygens (including phenoxy) is 2. The van der Waals surface area contributed by atoms with E-state index in [0.717, 1.165) is 17.5 Å². The molecule has 0 fully saturated rings. The first-order valence-electron chi connectivity index (χ1n) is 6.35. The maximum atomic E-state index is 13.3. The standard InChI is InChI=1S/C16H15Br2FO2/c1-20-15-6-3-10(8-16(15)21-2)7-12(17)11-4-5-14(19)13(18)9-11/h3-6,8-9,12H,7H2,1-2H3. The zero-order chi connectivity index (χ0) is 15.4. The zero-order valence-electron chi connectivity index (χ0n) is 11.7. The second-order valence-corrected chi connectivity index (χ2v) is 6.49. The average Bonchev–Trinajstić information content (AvgIpc) is 2.49. The number of benzene rings is 2. The third-order valence-corrected chi connectivity index (χ3v) is 4.63. The summed E-state index contributed by atoms with van der Waals surface area (Å²) >= 11 is 6.86. The van der Waals surface area contributed by atoms with Gasteiger partial charge in [0.15, 0.2) is 11.5 Å². The topological polar surface area (TPSA) is 18.5 Å². The fourth-order valence-corrected chi connectivity index (χ4v) is 3.09. The SMILES string of the molecule is COc1ccc(CC(Br)c2ccc(F)c(Br)c2)cc1OC. The quantitative estimate of drug-likeness (QED) is 0.615. The Labute approximate surface area is 140 Å². The molecule has 0 aliphatic rings. The predicted molar refractivity (Wildman–Crippen MR) is 89.0 cm³/mol. The Bertz CT molecular complexity index is 632. The molecule has 112 valence electrons. The summed E-state index contributed by atoms with van der Waals surface area (Å²) < 4.78 is 24.3. The van der Waals surface area contributed by atoms with Gasteiger partial charge in [0.25, 0.3) is 0 Å². The van der Waals surface area contributed by atoms with E-state index in [-0.39, 0.29) is 10.6 Å². The van der Waals surface area contributed by atoms with E-state index in [2.05, 4.69) is 31.9 Å². The van der Waals surface area contributed by atoms with Crippen LogP contribution in [-0.4, -0.2) is 14.2 Å². The van der Waals surface area contributed by atoms with Gasteiger partial charge in [-0.2, -0.15) is 0 Å². The number of hydrogen-bond acceptors (Lipinski definition) is 2. The first kappa shape index (κ1) is 16.3. The van der Waals surface area contributed by atoms with Crippen LogP contribution in [0.2, 0.25) is 0 Å². The van der Waals surface area contributed by atoms with Gasteiger partial charge in [-0.1, -0.05) is 28.1 Å². The van der Waals surface area contributed by atoms with E-state index in [0.29, 0.717) is 16.0 Å². The summed E-state index contributed by atoms with van der Waals surface area (Å²) in [5, 5.41) is 0. The minimum Gasteiger partial charge on any atom is -0.493 e. The Morgan fingerprint density at radius 1 is 1.05 bits per heavy atom. The van der Waals surface area contributed by atoms with Crippen molar-refractivity contribution in [1.82, 2.24) is 0 Å². The summed E-state index contributed by atoms with van der Waals surface area (Å²) in [6.45, 7) is 0. The van der Waals surface area contributed by atoms with E-state index in [1.807, 2.05) is 18.2 Å². The summed E-state index contributed by atoms with van der Waals surface area (Å²) in [7, 11) is 3.23.